The van der Waals surface area contributed by atoms with Crippen LogP contribution in [0.1, 0.15) is 47.9 Å². The molecule has 0 aliphatic carbocycles. The molecule has 0 saturated carbocycles. The Kier molecular flexibility index (Phi) is 10.2. The first-order chi connectivity index (χ1) is 15.4. The van der Waals surface area contributed by atoms with Gasteiger partial charge < -0.3 is 21.1 Å². The van der Waals surface area contributed by atoms with Crippen molar-refractivity contribution in [2.24, 2.45) is 5.73 Å². The van der Waals surface area contributed by atoms with Crippen LogP contribution in [0.15, 0.2) is 48.5 Å². The van der Waals surface area contributed by atoms with Crippen molar-refractivity contribution in [2.75, 3.05) is 6.54 Å². The maximum Gasteiger partial charge on any atom is 0.407 e. The van der Waals surface area contributed by atoms with Crippen molar-refractivity contribution in [1.29, 1.82) is 0 Å². The lowest BCUT2D eigenvalue weighted by Crippen LogP contribution is -2.46. The second-order valence-corrected chi connectivity index (χ2v) is 7.90. The molecule has 0 aromatic heterocycles. The SMILES string of the molecule is Cc1cccc(C)c1C[C@H](NC(=O)CCCCCNC(=O)OCc1ccccc1)C(N)=O. The summed E-state index contributed by atoms with van der Waals surface area (Å²) in [7, 11) is 0. The van der Waals surface area contributed by atoms with E-state index in [1.54, 1.807) is 0 Å². The molecule has 7 heteroatoms. The van der Waals surface area contributed by atoms with Crippen LogP contribution in [-0.4, -0.2) is 30.5 Å². The number of alkyl carbamates (subject to hydrolysis) is 1. The Hall–Kier alpha value is -3.35. The van der Waals surface area contributed by atoms with Crippen molar-refractivity contribution in [2.45, 2.75) is 58.6 Å². The minimum Gasteiger partial charge on any atom is -0.445 e. The predicted octanol–water partition coefficient (Wildman–Crippen LogP) is 3.30. The van der Waals surface area contributed by atoms with Gasteiger partial charge in [0.1, 0.15) is 12.6 Å². The molecule has 0 unspecified atom stereocenters. The van der Waals surface area contributed by atoms with E-state index in [1.807, 2.05) is 62.4 Å². The van der Waals surface area contributed by atoms with Crippen LogP contribution in [0.25, 0.3) is 0 Å². The van der Waals surface area contributed by atoms with Crippen molar-refractivity contribution in [3.8, 4) is 0 Å². The molecule has 0 fully saturated rings. The Morgan fingerprint density at radius 3 is 2.28 bits per heavy atom. The average molecular weight is 440 g/mol. The molecule has 2 aromatic carbocycles. The van der Waals surface area contributed by atoms with Gasteiger partial charge >= 0.3 is 6.09 Å². The molecule has 2 rings (SSSR count). The van der Waals surface area contributed by atoms with Gasteiger partial charge in [0.05, 0.1) is 0 Å². The van der Waals surface area contributed by atoms with Crippen molar-refractivity contribution in [3.05, 3.63) is 70.8 Å². The lowest BCUT2D eigenvalue weighted by Gasteiger charge is -2.18. The maximum atomic E-state index is 12.3. The Balaban J connectivity index is 1.62. The van der Waals surface area contributed by atoms with E-state index in [2.05, 4.69) is 10.6 Å². The molecular formula is C25H33N3O4. The molecule has 4 N–H and O–H groups in total. The molecule has 2 aromatic rings. The van der Waals surface area contributed by atoms with E-state index in [4.69, 9.17) is 10.5 Å². The van der Waals surface area contributed by atoms with Crippen LogP contribution in [0.5, 0.6) is 0 Å². The lowest BCUT2D eigenvalue weighted by atomic mass is 9.96. The number of primary amides is 1. The van der Waals surface area contributed by atoms with E-state index in [9.17, 15) is 14.4 Å². The summed E-state index contributed by atoms with van der Waals surface area (Å²) in [5.74, 6) is -0.741. The van der Waals surface area contributed by atoms with Crippen LogP contribution >= 0.6 is 0 Å². The molecule has 172 valence electrons. The van der Waals surface area contributed by atoms with Crippen LogP contribution < -0.4 is 16.4 Å². The molecular weight excluding hydrogens is 406 g/mol. The molecule has 0 radical (unpaired) electrons. The van der Waals surface area contributed by atoms with Gasteiger partial charge in [0.25, 0.3) is 0 Å². The summed E-state index contributed by atoms with van der Waals surface area (Å²) in [5.41, 5.74) is 9.61. The zero-order valence-corrected chi connectivity index (χ0v) is 18.9. The first-order valence-corrected chi connectivity index (χ1v) is 10.9. The molecule has 0 bridgehead atoms. The van der Waals surface area contributed by atoms with Crippen LogP contribution in [-0.2, 0) is 27.4 Å². The highest BCUT2D eigenvalue weighted by molar-refractivity contribution is 5.86. The topological polar surface area (TPSA) is 111 Å². The highest BCUT2D eigenvalue weighted by atomic mass is 16.5. The number of ether oxygens (including phenoxy) is 1. The monoisotopic (exact) mass is 439 g/mol. The number of rotatable bonds is 12. The summed E-state index contributed by atoms with van der Waals surface area (Å²) in [6.07, 6.45) is 2.38. The normalized spacial score (nSPS) is 11.4. The molecule has 7 nitrogen and oxygen atoms in total. The summed E-state index contributed by atoms with van der Waals surface area (Å²) in [4.78, 5) is 35.8. The number of benzene rings is 2. The summed E-state index contributed by atoms with van der Waals surface area (Å²) in [5, 5.41) is 5.46. The first-order valence-electron chi connectivity index (χ1n) is 10.9. The Bertz CT molecular complexity index is 879. The molecule has 0 aliphatic heterocycles. The predicted molar refractivity (Wildman–Crippen MR) is 124 cm³/mol. The van der Waals surface area contributed by atoms with Gasteiger partial charge in [0.2, 0.25) is 11.8 Å². The smallest absolute Gasteiger partial charge is 0.407 e. The second kappa shape index (κ2) is 13.1. The number of carbonyl (C=O) groups is 3. The van der Waals surface area contributed by atoms with Gasteiger partial charge in [-0.1, -0.05) is 55.0 Å². The van der Waals surface area contributed by atoms with Crippen LogP contribution in [0.2, 0.25) is 0 Å². The average Bonchev–Trinajstić information content (AvgIpc) is 2.77. The minimum atomic E-state index is -0.733. The molecule has 32 heavy (non-hydrogen) atoms. The standard InChI is InChI=1S/C25H33N3O4/c1-18-10-9-11-19(2)21(18)16-22(24(26)30)28-23(29)14-7-4-8-15-27-25(31)32-17-20-12-5-3-6-13-20/h3,5-6,9-13,22H,4,7-8,14-17H2,1-2H3,(H2,26,30)(H,27,31)(H,28,29)/t22-/m0/s1. The highest BCUT2D eigenvalue weighted by Gasteiger charge is 2.20. The Morgan fingerprint density at radius 1 is 0.938 bits per heavy atom. The van der Waals surface area contributed by atoms with Crippen LogP contribution in [0.3, 0.4) is 0 Å². The highest BCUT2D eigenvalue weighted by Crippen LogP contribution is 2.15. The van der Waals surface area contributed by atoms with Crippen LogP contribution in [0, 0.1) is 13.8 Å². The Labute approximate surface area is 189 Å². The first kappa shape index (κ1) is 24.9. The van der Waals surface area contributed by atoms with E-state index in [0.29, 0.717) is 25.8 Å². The fraction of sp³-hybridized carbons (Fsp3) is 0.400. The number of aryl methyl sites for hydroxylation is 2. The quantitative estimate of drug-likeness (QED) is 0.441. The summed E-state index contributed by atoms with van der Waals surface area (Å²) >= 11 is 0. The van der Waals surface area contributed by atoms with Gasteiger partial charge in [-0.15, -0.1) is 0 Å². The molecule has 0 aliphatic rings. The Morgan fingerprint density at radius 2 is 1.62 bits per heavy atom. The van der Waals surface area contributed by atoms with Crippen LogP contribution in [0.4, 0.5) is 4.79 Å². The number of carbonyl (C=O) groups excluding carboxylic acids is 3. The largest absolute Gasteiger partial charge is 0.445 e. The van der Waals surface area contributed by atoms with Crippen molar-refractivity contribution < 1.29 is 19.1 Å². The van der Waals surface area contributed by atoms with Crippen molar-refractivity contribution in [3.63, 3.8) is 0 Å². The fourth-order valence-corrected chi connectivity index (χ4v) is 3.42. The van der Waals surface area contributed by atoms with Crippen molar-refractivity contribution >= 4 is 17.9 Å². The van der Waals surface area contributed by atoms with E-state index < -0.39 is 18.0 Å². The molecule has 0 spiro atoms. The van der Waals surface area contributed by atoms with E-state index in [1.165, 1.54) is 0 Å². The number of nitrogens with two attached hydrogens (primary N) is 1. The zero-order valence-electron chi connectivity index (χ0n) is 18.9. The molecule has 1 atom stereocenters. The summed E-state index contributed by atoms with van der Waals surface area (Å²) in [6.45, 7) is 4.67. The molecule has 0 saturated heterocycles. The zero-order chi connectivity index (χ0) is 23.3. The second-order valence-electron chi connectivity index (χ2n) is 7.90. The summed E-state index contributed by atoms with van der Waals surface area (Å²) < 4.78 is 5.15. The number of nitrogens with one attached hydrogen (secondary N) is 2. The minimum absolute atomic E-state index is 0.199. The third-order valence-corrected chi connectivity index (χ3v) is 5.29. The van der Waals surface area contributed by atoms with E-state index in [-0.39, 0.29) is 12.5 Å². The number of amides is 3. The fourth-order valence-electron chi connectivity index (χ4n) is 3.42. The van der Waals surface area contributed by atoms with Crippen molar-refractivity contribution in [1.82, 2.24) is 10.6 Å². The maximum absolute atomic E-state index is 12.3. The van der Waals surface area contributed by atoms with Gasteiger partial charge in [0, 0.05) is 19.4 Å². The van der Waals surface area contributed by atoms with E-state index in [0.717, 1.165) is 35.1 Å². The number of unbranched alkanes of at least 4 members (excludes halogenated alkanes) is 2. The van der Waals surface area contributed by atoms with Gasteiger partial charge in [0.15, 0.2) is 0 Å². The third-order valence-electron chi connectivity index (χ3n) is 5.29. The number of hydrogen-bond acceptors (Lipinski definition) is 4. The van der Waals surface area contributed by atoms with Gasteiger partial charge in [-0.25, -0.2) is 4.79 Å². The molecule has 0 heterocycles. The van der Waals surface area contributed by atoms with Gasteiger partial charge in [-0.3, -0.25) is 9.59 Å². The summed E-state index contributed by atoms with van der Waals surface area (Å²) in [6, 6.07) is 14.7. The van der Waals surface area contributed by atoms with E-state index >= 15 is 0 Å². The third kappa shape index (κ3) is 8.79. The van der Waals surface area contributed by atoms with Gasteiger partial charge in [-0.2, -0.15) is 0 Å². The lowest BCUT2D eigenvalue weighted by molar-refractivity contribution is -0.127. The van der Waals surface area contributed by atoms with Gasteiger partial charge in [-0.05, 0) is 48.9 Å². The molecule has 3 amide bonds. The number of hydrogen-bond donors (Lipinski definition) is 3.